The van der Waals surface area contributed by atoms with Crippen molar-refractivity contribution in [2.75, 3.05) is 0 Å². The Balaban J connectivity index is 2.09. The van der Waals surface area contributed by atoms with Gasteiger partial charge in [-0.05, 0) is 12.5 Å². The predicted molar refractivity (Wildman–Crippen MR) is 75.3 cm³/mol. The van der Waals surface area contributed by atoms with Crippen LogP contribution < -0.4 is 4.72 Å². The number of nitrogens with zero attached hydrogens (tertiary/aromatic N) is 2. The molecule has 0 amide bonds. The molecule has 0 unspecified atom stereocenters. The Morgan fingerprint density at radius 2 is 1.91 bits per heavy atom. The molecule has 1 aromatic heterocycles. The van der Waals surface area contributed by atoms with Crippen LogP contribution in [-0.2, 0) is 22.7 Å². The van der Waals surface area contributed by atoms with Gasteiger partial charge < -0.3 is 4.52 Å². The summed E-state index contributed by atoms with van der Waals surface area (Å²) in [6.45, 7) is 1.63. The molecule has 0 aliphatic heterocycles. The fourth-order valence-corrected chi connectivity index (χ4v) is 2.46. The molecule has 2 aromatic rings. The monoisotopic (exact) mass is 347 g/mol. The lowest BCUT2D eigenvalue weighted by molar-refractivity contribution is -0.159. The first-order chi connectivity index (χ1) is 10.7. The second-order valence-corrected chi connectivity index (χ2v) is 6.10. The summed E-state index contributed by atoms with van der Waals surface area (Å²) in [5.74, 6) is -1.62. The largest absolute Gasteiger partial charge is 0.471 e. The third kappa shape index (κ3) is 4.63. The molecular formula is C13H12F3N3O3S. The zero-order valence-electron chi connectivity index (χ0n) is 11.8. The maximum Gasteiger partial charge on any atom is 0.471 e. The van der Waals surface area contributed by atoms with E-state index in [0.29, 0.717) is 11.1 Å². The second kappa shape index (κ2) is 6.50. The van der Waals surface area contributed by atoms with Gasteiger partial charge in [0.25, 0.3) is 0 Å². The number of benzene rings is 1. The highest BCUT2D eigenvalue weighted by atomic mass is 32.2. The van der Waals surface area contributed by atoms with Crippen molar-refractivity contribution in [3.8, 4) is 11.4 Å². The van der Waals surface area contributed by atoms with Crippen molar-refractivity contribution >= 4 is 10.0 Å². The molecule has 0 atom stereocenters. The molecular weight excluding hydrogens is 335 g/mol. The fraction of sp³-hybridized carbons (Fsp3) is 0.231. The highest BCUT2D eigenvalue weighted by molar-refractivity contribution is 7.92. The molecule has 0 fully saturated rings. The zero-order chi connectivity index (χ0) is 17.1. The summed E-state index contributed by atoms with van der Waals surface area (Å²) in [5.41, 5.74) is 0.950. The third-order valence-electron chi connectivity index (χ3n) is 2.67. The van der Waals surface area contributed by atoms with Crippen molar-refractivity contribution in [2.45, 2.75) is 19.6 Å². The fourth-order valence-electron chi connectivity index (χ4n) is 1.64. The van der Waals surface area contributed by atoms with Gasteiger partial charge in [-0.3, -0.25) is 0 Å². The molecule has 1 aromatic carbocycles. The quantitative estimate of drug-likeness (QED) is 0.899. The van der Waals surface area contributed by atoms with Gasteiger partial charge in [0.1, 0.15) is 0 Å². The molecule has 0 bridgehead atoms. The minimum atomic E-state index is -4.70. The molecule has 0 aliphatic carbocycles. The summed E-state index contributed by atoms with van der Waals surface area (Å²) < 4.78 is 66.6. The molecule has 23 heavy (non-hydrogen) atoms. The van der Waals surface area contributed by atoms with E-state index < -0.39 is 22.1 Å². The van der Waals surface area contributed by atoms with Gasteiger partial charge in [0.2, 0.25) is 15.8 Å². The van der Waals surface area contributed by atoms with Crippen molar-refractivity contribution in [3.63, 3.8) is 0 Å². The maximum atomic E-state index is 12.4. The van der Waals surface area contributed by atoms with Crippen LogP contribution >= 0.6 is 0 Å². The Morgan fingerprint density at radius 3 is 2.43 bits per heavy atom. The lowest BCUT2D eigenvalue weighted by Gasteiger charge is -2.03. The molecule has 6 nitrogen and oxygen atoms in total. The van der Waals surface area contributed by atoms with Crippen LogP contribution in [0.1, 0.15) is 18.4 Å². The Labute approximate surface area is 130 Å². The standard InChI is InChI=1S/C13H12F3N3O3S/c1-2-7-23(20,21)17-8-9-3-5-10(6-4-9)11-18-12(22-19-11)13(14,15)16/h2-7,17H,8H2,1H3/b7-2+. The van der Waals surface area contributed by atoms with E-state index in [0.717, 1.165) is 5.41 Å². The molecule has 0 spiro atoms. The number of nitrogens with one attached hydrogen (secondary N) is 1. The van der Waals surface area contributed by atoms with Crippen molar-refractivity contribution in [3.05, 3.63) is 47.2 Å². The number of aromatic nitrogens is 2. The van der Waals surface area contributed by atoms with E-state index in [1.165, 1.54) is 18.2 Å². The average molecular weight is 347 g/mol. The highest BCUT2D eigenvalue weighted by Gasteiger charge is 2.38. The van der Waals surface area contributed by atoms with E-state index in [9.17, 15) is 21.6 Å². The van der Waals surface area contributed by atoms with Crippen LogP contribution in [0.5, 0.6) is 0 Å². The van der Waals surface area contributed by atoms with E-state index >= 15 is 0 Å². The molecule has 0 saturated heterocycles. The second-order valence-electron chi connectivity index (χ2n) is 4.45. The van der Waals surface area contributed by atoms with Gasteiger partial charge in [0, 0.05) is 17.5 Å². The lowest BCUT2D eigenvalue weighted by Crippen LogP contribution is -2.20. The maximum absolute atomic E-state index is 12.4. The van der Waals surface area contributed by atoms with Gasteiger partial charge in [0.15, 0.2) is 0 Å². The van der Waals surface area contributed by atoms with Gasteiger partial charge in [-0.15, -0.1) is 0 Å². The SMILES string of the molecule is C/C=C/S(=O)(=O)NCc1ccc(-c2noc(C(F)(F)F)n2)cc1. The van der Waals surface area contributed by atoms with Crippen molar-refractivity contribution < 1.29 is 26.1 Å². The molecule has 2 rings (SSSR count). The first kappa shape index (κ1) is 17.2. The van der Waals surface area contributed by atoms with E-state index in [1.54, 1.807) is 19.1 Å². The molecule has 10 heteroatoms. The molecule has 1 heterocycles. The topological polar surface area (TPSA) is 85.1 Å². The number of alkyl halides is 3. The summed E-state index contributed by atoms with van der Waals surface area (Å²) in [6, 6.07) is 6.06. The summed E-state index contributed by atoms with van der Waals surface area (Å²) in [6.07, 6.45) is -3.31. The summed E-state index contributed by atoms with van der Waals surface area (Å²) >= 11 is 0. The molecule has 124 valence electrons. The highest BCUT2D eigenvalue weighted by Crippen LogP contribution is 2.29. The van der Waals surface area contributed by atoms with E-state index in [-0.39, 0.29) is 12.4 Å². The molecule has 0 radical (unpaired) electrons. The van der Waals surface area contributed by atoms with Gasteiger partial charge in [-0.25, -0.2) is 13.1 Å². The number of rotatable bonds is 5. The summed E-state index contributed by atoms with van der Waals surface area (Å²) in [5, 5.41) is 4.29. The minimum absolute atomic E-state index is 0.0486. The summed E-state index contributed by atoms with van der Waals surface area (Å²) in [4.78, 5) is 3.27. The number of sulfonamides is 1. The van der Waals surface area contributed by atoms with E-state index in [4.69, 9.17) is 0 Å². The van der Waals surface area contributed by atoms with Crippen LogP contribution in [0.15, 0.2) is 40.3 Å². The first-order valence-electron chi connectivity index (χ1n) is 6.34. The van der Waals surface area contributed by atoms with Crippen LogP contribution in [0.2, 0.25) is 0 Å². The third-order valence-corrected chi connectivity index (χ3v) is 3.85. The summed E-state index contributed by atoms with van der Waals surface area (Å²) in [7, 11) is -3.50. The minimum Gasteiger partial charge on any atom is -0.329 e. The Bertz CT molecular complexity index is 796. The van der Waals surface area contributed by atoms with Crippen molar-refractivity contribution in [1.82, 2.24) is 14.9 Å². The molecule has 1 N–H and O–H groups in total. The van der Waals surface area contributed by atoms with Crippen LogP contribution in [0.25, 0.3) is 11.4 Å². The van der Waals surface area contributed by atoms with Crippen LogP contribution in [0.4, 0.5) is 13.2 Å². The number of halogens is 3. The van der Waals surface area contributed by atoms with Crippen LogP contribution in [-0.4, -0.2) is 18.6 Å². The predicted octanol–water partition coefficient (Wildman–Crippen LogP) is 2.71. The Kier molecular flexibility index (Phi) is 4.85. The Morgan fingerprint density at radius 1 is 1.26 bits per heavy atom. The van der Waals surface area contributed by atoms with Gasteiger partial charge in [0.05, 0.1) is 0 Å². The molecule has 0 saturated carbocycles. The van der Waals surface area contributed by atoms with Crippen LogP contribution in [0.3, 0.4) is 0 Å². The lowest BCUT2D eigenvalue weighted by atomic mass is 10.1. The number of hydrogen-bond donors (Lipinski definition) is 1. The van der Waals surface area contributed by atoms with Gasteiger partial charge in [-0.2, -0.15) is 18.2 Å². The smallest absolute Gasteiger partial charge is 0.329 e. The van der Waals surface area contributed by atoms with Crippen LogP contribution in [0, 0.1) is 0 Å². The average Bonchev–Trinajstić information content (AvgIpc) is 2.96. The van der Waals surface area contributed by atoms with Crippen molar-refractivity contribution in [2.24, 2.45) is 0 Å². The normalized spacial score (nSPS) is 12.9. The number of allylic oxidation sites excluding steroid dienone is 1. The van der Waals surface area contributed by atoms with Gasteiger partial charge in [-0.1, -0.05) is 35.5 Å². The van der Waals surface area contributed by atoms with E-state index in [2.05, 4.69) is 19.4 Å². The Hall–Kier alpha value is -2.20. The van der Waals surface area contributed by atoms with E-state index in [1.807, 2.05) is 0 Å². The number of hydrogen-bond acceptors (Lipinski definition) is 5. The molecule has 0 aliphatic rings. The zero-order valence-corrected chi connectivity index (χ0v) is 12.6. The first-order valence-corrected chi connectivity index (χ1v) is 7.88. The van der Waals surface area contributed by atoms with Gasteiger partial charge >= 0.3 is 12.1 Å². The van der Waals surface area contributed by atoms with Crippen molar-refractivity contribution in [1.29, 1.82) is 0 Å².